The van der Waals surface area contributed by atoms with Crippen molar-refractivity contribution >= 4 is 0 Å². The van der Waals surface area contributed by atoms with Crippen molar-refractivity contribution in [3.63, 3.8) is 0 Å². The Morgan fingerprint density at radius 2 is 2.18 bits per heavy atom. The Hall–Kier alpha value is -0.120. The first-order valence-corrected chi connectivity index (χ1v) is 7.37. The summed E-state index contributed by atoms with van der Waals surface area (Å²) in [5.41, 5.74) is 0. The Morgan fingerprint density at radius 1 is 1.24 bits per heavy atom. The summed E-state index contributed by atoms with van der Waals surface area (Å²) in [6.07, 6.45) is 9.81. The monoisotopic (exact) mass is 240 g/mol. The van der Waals surface area contributed by atoms with E-state index in [9.17, 15) is 0 Å². The molecule has 17 heavy (non-hydrogen) atoms. The zero-order valence-corrected chi connectivity index (χ0v) is 11.2. The van der Waals surface area contributed by atoms with Crippen LogP contribution in [0.3, 0.4) is 0 Å². The fourth-order valence-electron chi connectivity index (χ4n) is 3.29. The molecule has 0 aromatic heterocycles. The zero-order chi connectivity index (χ0) is 11.9. The van der Waals surface area contributed by atoms with Gasteiger partial charge in [-0.15, -0.1) is 0 Å². The van der Waals surface area contributed by atoms with Gasteiger partial charge >= 0.3 is 0 Å². The van der Waals surface area contributed by atoms with E-state index in [4.69, 9.17) is 4.74 Å². The summed E-state index contributed by atoms with van der Waals surface area (Å²) in [4.78, 5) is 0. The molecule has 100 valence electrons. The second-order valence-corrected chi connectivity index (χ2v) is 5.62. The minimum absolute atomic E-state index is 0.464. The van der Waals surface area contributed by atoms with Gasteiger partial charge in [-0.05, 0) is 70.5 Å². The highest BCUT2D eigenvalue weighted by Gasteiger charge is 2.26. The first kappa shape index (κ1) is 13.3. The summed E-state index contributed by atoms with van der Waals surface area (Å²) in [5, 5.41) is 7.17. The summed E-state index contributed by atoms with van der Waals surface area (Å²) in [7, 11) is 1.85. The predicted octanol–water partition coefficient (Wildman–Crippen LogP) is 1.92. The molecule has 0 amide bonds. The minimum atomic E-state index is 0.464. The third-order valence-corrected chi connectivity index (χ3v) is 4.35. The Balaban J connectivity index is 1.53. The first-order valence-electron chi connectivity index (χ1n) is 7.37. The van der Waals surface area contributed by atoms with E-state index in [0.717, 1.165) is 5.92 Å². The van der Waals surface area contributed by atoms with Crippen molar-refractivity contribution in [2.24, 2.45) is 5.92 Å². The molecule has 3 unspecified atom stereocenters. The van der Waals surface area contributed by atoms with Crippen LogP contribution in [0.25, 0.3) is 0 Å². The maximum atomic E-state index is 5.50. The van der Waals surface area contributed by atoms with E-state index in [0.29, 0.717) is 12.1 Å². The van der Waals surface area contributed by atoms with E-state index >= 15 is 0 Å². The van der Waals surface area contributed by atoms with Gasteiger partial charge in [0.25, 0.3) is 0 Å². The third-order valence-electron chi connectivity index (χ3n) is 4.35. The molecule has 3 atom stereocenters. The van der Waals surface area contributed by atoms with Crippen LogP contribution >= 0.6 is 0 Å². The van der Waals surface area contributed by atoms with E-state index in [1.54, 1.807) is 0 Å². The fourth-order valence-corrected chi connectivity index (χ4v) is 3.29. The highest BCUT2D eigenvalue weighted by atomic mass is 16.5. The summed E-state index contributed by atoms with van der Waals surface area (Å²) >= 11 is 0. The van der Waals surface area contributed by atoms with Gasteiger partial charge < -0.3 is 15.4 Å². The maximum Gasteiger partial charge on any atom is 0.0724 e. The minimum Gasteiger partial charge on any atom is -0.380 e. The fraction of sp³-hybridized carbons (Fsp3) is 1.00. The van der Waals surface area contributed by atoms with Gasteiger partial charge in [0.1, 0.15) is 0 Å². The zero-order valence-electron chi connectivity index (χ0n) is 11.2. The number of nitrogens with one attached hydrogen (secondary N) is 2. The second-order valence-electron chi connectivity index (χ2n) is 5.62. The number of rotatable bonds is 6. The van der Waals surface area contributed by atoms with Gasteiger partial charge in [0.05, 0.1) is 6.10 Å². The molecule has 2 aliphatic rings. The van der Waals surface area contributed by atoms with Gasteiger partial charge in [-0.25, -0.2) is 0 Å². The molecule has 0 aromatic carbocycles. The molecule has 1 saturated carbocycles. The molecule has 1 saturated heterocycles. The van der Waals surface area contributed by atoms with Crippen molar-refractivity contribution in [2.75, 3.05) is 26.7 Å². The van der Waals surface area contributed by atoms with E-state index in [2.05, 4.69) is 10.6 Å². The smallest absolute Gasteiger partial charge is 0.0724 e. The van der Waals surface area contributed by atoms with Crippen LogP contribution < -0.4 is 10.6 Å². The van der Waals surface area contributed by atoms with Crippen molar-refractivity contribution in [1.82, 2.24) is 10.6 Å². The molecule has 0 aromatic rings. The van der Waals surface area contributed by atoms with Crippen LogP contribution in [0, 0.1) is 5.92 Å². The van der Waals surface area contributed by atoms with Gasteiger partial charge in [-0.1, -0.05) is 0 Å². The largest absolute Gasteiger partial charge is 0.380 e. The topological polar surface area (TPSA) is 33.3 Å². The Labute approximate surface area is 106 Å². The van der Waals surface area contributed by atoms with Crippen molar-refractivity contribution in [3.8, 4) is 0 Å². The molecular weight excluding hydrogens is 212 g/mol. The van der Waals surface area contributed by atoms with Gasteiger partial charge in [-0.3, -0.25) is 0 Å². The highest BCUT2D eigenvalue weighted by Crippen LogP contribution is 2.21. The molecule has 0 spiro atoms. The molecule has 1 aliphatic carbocycles. The SMILES string of the molecule is COC1CCCC1NCCCC1CCCNC1. The van der Waals surface area contributed by atoms with Gasteiger partial charge in [0.15, 0.2) is 0 Å². The maximum absolute atomic E-state index is 5.50. The van der Waals surface area contributed by atoms with E-state index in [1.165, 1.54) is 64.6 Å². The number of hydrogen-bond acceptors (Lipinski definition) is 3. The van der Waals surface area contributed by atoms with Crippen LogP contribution in [-0.2, 0) is 4.74 Å². The molecule has 2 N–H and O–H groups in total. The van der Waals surface area contributed by atoms with E-state index in [-0.39, 0.29) is 0 Å². The van der Waals surface area contributed by atoms with Crippen molar-refractivity contribution < 1.29 is 4.74 Å². The normalized spacial score (nSPS) is 34.1. The Bertz CT molecular complexity index is 204. The number of ether oxygens (including phenoxy) is 1. The van der Waals surface area contributed by atoms with Crippen molar-refractivity contribution in [3.05, 3.63) is 0 Å². The molecule has 0 radical (unpaired) electrons. The van der Waals surface area contributed by atoms with Gasteiger partial charge in [0, 0.05) is 13.2 Å². The van der Waals surface area contributed by atoms with Crippen LogP contribution in [-0.4, -0.2) is 38.9 Å². The molecule has 0 bridgehead atoms. The molecule has 3 nitrogen and oxygen atoms in total. The van der Waals surface area contributed by atoms with Crippen LogP contribution in [0.5, 0.6) is 0 Å². The standard InChI is InChI=1S/C14H28N2O/c1-17-14-8-2-7-13(14)16-10-4-6-12-5-3-9-15-11-12/h12-16H,2-11H2,1H3. The van der Waals surface area contributed by atoms with Crippen LogP contribution in [0.1, 0.15) is 44.9 Å². The quantitative estimate of drug-likeness (QED) is 0.696. The van der Waals surface area contributed by atoms with E-state index < -0.39 is 0 Å². The molecule has 3 heteroatoms. The van der Waals surface area contributed by atoms with Crippen LogP contribution in [0.15, 0.2) is 0 Å². The predicted molar refractivity (Wildman–Crippen MR) is 71.3 cm³/mol. The lowest BCUT2D eigenvalue weighted by Gasteiger charge is -2.23. The number of piperidine rings is 1. The summed E-state index contributed by atoms with van der Waals surface area (Å²) in [6.45, 7) is 3.64. The third kappa shape index (κ3) is 4.23. The Kier molecular flexibility index (Phi) is 5.75. The molecular formula is C14H28N2O. The first-order chi connectivity index (χ1) is 8.40. The van der Waals surface area contributed by atoms with Crippen LogP contribution in [0.4, 0.5) is 0 Å². The second kappa shape index (κ2) is 7.34. The van der Waals surface area contributed by atoms with Gasteiger partial charge in [0.2, 0.25) is 0 Å². The average molecular weight is 240 g/mol. The highest BCUT2D eigenvalue weighted by molar-refractivity contribution is 4.83. The van der Waals surface area contributed by atoms with Crippen molar-refractivity contribution in [2.45, 2.75) is 57.1 Å². The van der Waals surface area contributed by atoms with Crippen molar-refractivity contribution in [1.29, 1.82) is 0 Å². The number of methoxy groups -OCH3 is 1. The molecule has 2 rings (SSSR count). The lowest BCUT2D eigenvalue weighted by Crippen LogP contribution is -2.37. The average Bonchev–Trinajstić information content (AvgIpc) is 2.83. The summed E-state index contributed by atoms with van der Waals surface area (Å²) in [5.74, 6) is 0.923. The molecule has 1 heterocycles. The van der Waals surface area contributed by atoms with Gasteiger partial charge in [-0.2, -0.15) is 0 Å². The molecule has 2 fully saturated rings. The lowest BCUT2D eigenvalue weighted by atomic mass is 9.95. The van der Waals surface area contributed by atoms with Crippen LogP contribution in [0.2, 0.25) is 0 Å². The lowest BCUT2D eigenvalue weighted by molar-refractivity contribution is 0.0850. The molecule has 1 aliphatic heterocycles. The number of hydrogen-bond donors (Lipinski definition) is 2. The van der Waals surface area contributed by atoms with E-state index in [1.807, 2.05) is 7.11 Å². The Morgan fingerprint density at radius 3 is 2.94 bits per heavy atom. The summed E-state index contributed by atoms with van der Waals surface area (Å²) in [6, 6.07) is 0.615. The summed E-state index contributed by atoms with van der Waals surface area (Å²) < 4.78 is 5.50.